The lowest BCUT2D eigenvalue weighted by atomic mass is 10.2. The smallest absolute Gasteiger partial charge is 0.194 e. The number of anilines is 1. The summed E-state index contributed by atoms with van der Waals surface area (Å²) in [6.07, 6.45) is 1.73. The summed E-state index contributed by atoms with van der Waals surface area (Å²) in [5.74, 6) is 1.56. The van der Waals surface area contributed by atoms with Crippen LogP contribution in [0, 0.1) is 5.82 Å². The fourth-order valence-electron chi connectivity index (χ4n) is 3.10. The van der Waals surface area contributed by atoms with Gasteiger partial charge in [0.1, 0.15) is 18.7 Å². The molecule has 0 amide bonds. The monoisotopic (exact) mass is 487 g/mol. The van der Waals surface area contributed by atoms with E-state index in [9.17, 15) is 4.39 Å². The van der Waals surface area contributed by atoms with Crippen molar-refractivity contribution in [2.45, 2.75) is 26.9 Å². The van der Waals surface area contributed by atoms with E-state index in [4.69, 9.17) is 4.99 Å². The van der Waals surface area contributed by atoms with Crippen LogP contribution in [0.25, 0.3) is 0 Å². The van der Waals surface area contributed by atoms with E-state index < -0.39 is 0 Å². The van der Waals surface area contributed by atoms with Gasteiger partial charge < -0.3 is 19.7 Å². The number of rotatable bonds is 5. The second kappa shape index (κ2) is 10.4. The first-order valence-electron chi connectivity index (χ1n) is 9.12. The molecule has 7 nitrogen and oxygen atoms in total. The van der Waals surface area contributed by atoms with Gasteiger partial charge in [-0.1, -0.05) is 12.1 Å². The number of benzene rings is 1. The molecule has 1 aliphatic heterocycles. The Morgan fingerprint density at radius 1 is 1.19 bits per heavy atom. The Balaban J connectivity index is 0.00000261. The van der Waals surface area contributed by atoms with E-state index in [1.165, 1.54) is 6.07 Å². The fraction of sp³-hybridized carbons (Fsp3) is 0.500. The zero-order valence-corrected chi connectivity index (χ0v) is 18.1. The van der Waals surface area contributed by atoms with Gasteiger partial charge in [-0.2, -0.15) is 0 Å². The van der Waals surface area contributed by atoms with Crippen LogP contribution in [0.15, 0.2) is 35.6 Å². The van der Waals surface area contributed by atoms with E-state index >= 15 is 0 Å². The molecule has 0 aliphatic carbocycles. The third-order valence-corrected chi connectivity index (χ3v) is 4.51. The SMILES string of the molecule is CCNC(=NCc1nncn1CC)N1CCN(c2ccccc2F)CC1.I. The number of para-hydroxylation sites is 1. The maximum Gasteiger partial charge on any atom is 0.194 e. The molecule has 1 N–H and O–H groups in total. The highest BCUT2D eigenvalue weighted by Gasteiger charge is 2.21. The summed E-state index contributed by atoms with van der Waals surface area (Å²) in [7, 11) is 0. The van der Waals surface area contributed by atoms with Crippen molar-refractivity contribution < 1.29 is 4.39 Å². The average Bonchev–Trinajstić information content (AvgIpc) is 3.13. The highest BCUT2D eigenvalue weighted by molar-refractivity contribution is 14.0. The predicted octanol–water partition coefficient (Wildman–Crippen LogP) is 2.34. The lowest BCUT2D eigenvalue weighted by Crippen LogP contribution is -2.52. The van der Waals surface area contributed by atoms with Gasteiger partial charge in [-0.15, -0.1) is 34.2 Å². The van der Waals surface area contributed by atoms with Crippen molar-refractivity contribution in [3.05, 3.63) is 42.2 Å². The third kappa shape index (κ3) is 5.30. The molecule has 1 saturated heterocycles. The number of halogens is 2. The second-order valence-electron chi connectivity index (χ2n) is 6.13. The molecule has 2 heterocycles. The molecule has 0 radical (unpaired) electrons. The molecule has 3 rings (SSSR count). The first-order chi connectivity index (χ1) is 12.7. The molecule has 0 saturated carbocycles. The molecular weight excluding hydrogens is 460 g/mol. The molecule has 2 aromatic rings. The summed E-state index contributed by atoms with van der Waals surface area (Å²) >= 11 is 0. The largest absolute Gasteiger partial charge is 0.366 e. The molecule has 1 fully saturated rings. The number of aromatic nitrogens is 3. The first kappa shape index (κ1) is 21.4. The Hall–Kier alpha value is -1.91. The Bertz CT molecular complexity index is 741. The number of nitrogens with one attached hydrogen (secondary N) is 1. The van der Waals surface area contributed by atoms with Gasteiger partial charge in [0.25, 0.3) is 0 Å². The molecule has 27 heavy (non-hydrogen) atoms. The van der Waals surface area contributed by atoms with Crippen LogP contribution in [0.2, 0.25) is 0 Å². The number of hydrogen-bond donors (Lipinski definition) is 1. The summed E-state index contributed by atoms with van der Waals surface area (Å²) < 4.78 is 16.0. The molecule has 1 aliphatic rings. The Morgan fingerprint density at radius 2 is 1.93 bits per heavy atom. The van der Waals surface area contributed by atoms with Crippen LogP contribution in [0.1, 0.15) is 19.7 Å². The highest BCUT2D eigenvalue weighted by Crippen LogP contribution is 2.20. The van der Waals surface area contributed by atoms with Gasteiger partial charge in [0.2, 0.25) is 0 Å². The topological polar surface area (TPSA) is 61.6 Å². The van der Waals surface area contributed by atoms with E-state index in [0.717, 1.165) is 51.1 Å². The number of guanidine groups is 1. The second-order valence-corrected chi connectivity index (χ2v) is 6.13. The molecule has 0 bridgehead atoms. The summed E-state index contributed by atoms with van der Waals surface area (Å²) in [5.41, 5.74) is 0.671. The van der Waals surface area contributed by atoms with Gasteiger partial charge in [-0.25, -0.2) is 9.38 Å². The van der Waals surface area contributed by atoms with Crippen LogP contribution < -0.4 is 10.2 Å². The zero-order chi connectivity index (χ0) is 18.4. The minimum absolute atomic E-state index is 0. The van der Waals surface area contributed by atoms with Crippen LogP contribution in [-0.2, 0) is 13.1 Å². The number of aryl methyl sites for hydroxylation is 1. The van der Waals surface area contributed by atoms with Crippen LogP contribution in [0.4, 0.5) is 10.1 Å². The number of aliphatic imine (C=N–C) groups is 1. The van der Waals surface area contributed by atoms with Crippen molar-refractivity contribution in [2.75, 3.05) is 37.6 Å². The Labute approximate surface area is 176 Å². The van der Waals surface area contributed by atoms with Gasteiger partial charge >= 0.3 is 0 Å². The van der Waals surface area contributed by atoms with Crippen molar-refractivity contribution in [1.29, 1.82) is 0 Å². The number of hydrogen-bond acceptors (Lipinski definition) is 4. The highest BCUT2D eigenvalue weighted by atomic mass is 127. The lowest BCUT2D eigenvalue weighted by Gasteiger charge is -2.37. The van der Waals surface area contributed by atoms with Crippen molar-refractivity contribution >= 4 is 35.6 Å². The van der Waals surface area contributed by atoms with E-state index in [0.29, 0.717) is 12.2 Å². The molecule has 0 unspecified atom stereocenters. The normalized spacial score (nSPS) is 14.9. The summed E-state index contributed by atoms with van der Waals surface area (Å²) in [6.45, 7) is 9.34. The maximum absolute atomic E-state index is 14.0. The third-order valence-electron chi connectivity index (χ3n) is 4.51. The van der Waals surface area contributed by atoms with Crippen LogP contribution in [-0.4, -0.2) is 58.3 Å². The van der Waals surface area contributed by atoms with Gasteiger partial charge in [0, 0.05) is 39.3 Å². The maximum atomic E-state index is 14.0. The summed E-state index contributed by atoms with van der Waals surface area (Å²) in [6, 6.07) is 6.94. The van der Waals surface area contributed by atoms with E-state index in [-0.39, 0.29) is 29.8 Å². The van der Waals surface area contributed by atoms with Gasteiger partial charge in [-0.3, -0.25) is 0 Å². The van der Waals surface area contributed by atoms with Crippen molar-refractivity contribution in [3.8, 4) is 0 Å². The molecule has 0 atom stereocenters. The fourth-order valence-corrected chi connectivity index (χ4v) is 3.10. The zero-order valence-electron chi connectivity index (χ0n) is 15.8. The summed E-state index contributed by atoms with van der Waals surface area (Å²) in [5, 5.41) is 11.4. The lowest BCUT2D eigenvalue weighted by molar-refractivity contribution is 0.370. The van der Waals surface area contributed by atoms with Crippen LogP contribution in [0.3, 0.4) is 0 Å². The Kier molecular flexibility index (Phi) is 8.26. The summed E-state index contributed by atoms with van der Waals surface area (Å²) in [4.78, 5) is 9.02. The van der Waals surface area contributed by atoms with Gasteiger partial charge in [-0.05, 0) is 26.0 Å². The number of piperazine rings is 1. The molecule has 0 spiro atoms. The molecule has 9 heteroatoms. The minimum Gasteiger partial charge on any atom is -0.366 e. The van der Waals surface area contributed by atoms with Crippen LogP contribution in [0.5, 0.6) is 0 Å². The van der Waals surface area contributed by atoms with Gasteiger partial charge in [0.15, 0.2) is 11.8 Å². The molecule has 148 valence electrons. The standard InChI is InChI=1S/C18H26FN7.HI/c1-3-20-18(21-13-17-23-22-14-24(17)4-2)26-11-9-25(10-12-26)16-8-6-5-7-15(16)19;/h5-8,14H,3-4,9-13H2,1-2H3,(H,20,21);1H. The van der Waals surface area contributed by atoms with E-state index in [1.54, 1.807) is 12.4 Å². The molecular formula is C18H27FIN7. The quantitative estimate of drug-likeness (QED) is 0.399. The van der Waals surface area contributed by atoms with Crippen molar-refractivity contribution in [1.82, 2.24) is 25.0 Å². The first-order valence-corrected chi connectivity index (χ1v) is 9.12. The van der Waals surface area contributed by atoms with E-state index in [1.807, 2.05) is 16.7 Å². The van der Waals surface area contributed by atoms with Crippen molar-refractivity contribution in [3.63, 3.8) is 0 Å². The molecule has 1 aromatic carbocycles. The average molecular weight is 487 g/mol. The molecule has 1 aromatic heterocycles. The van der Waals surface area contributed by atoms with Gasteiger partial charge in [0.05, 0.1) is 5.69 Å². The minimum atomic E-state index is -0.166. The Morgan fingerprint density at radius 3 is 2.59 bits per heavy atom. The van der Waals surface area contributed by atoms with E-state index in [2.05, 4.69) is 39.2 Å². The van der Waals surface area contributed by atoms with Crippen molar-refractivity contribution in [2.24, 2.45) is 4.99 Å². The van der Waals surface area contributed by atoms with Crippen LogP contribution >= 0.6 is 24.0 Å². The number of nitrogens with zero attached hydrogens (tertiary/aromatic N) is 6. The predicted molar refractivity (Wildman–Crippen MR) is 116 cm³/mol.